The van der Waals surface area contributed by atoms with Gasteiger partial charge in [0.1, 0.15) is 17.4 Å². The molecule has 0 radical (unpaired) electrons. The molecular formula is C33H45N3O6. The van der Waals surface area contributed by atoms with Crippen LogP contribution in [0.3, 0.4) is 0 Å². The molecule has 2 fully saturated rings. The molecule has 3 amide bonds. The third-order valence-electron chi connectivity index (χ3n) is 9.17. The highest BCUT2D eigenvalue weighted by atomic mass is 16.5. The maximum absolute atomic E-state index is 14.6. The van der Waals surface area contributed by atoms with Crippen molar-refractivity contribution >= 4 is 23.4 Å². The molecule has 1 unspecified atom stereocenters. The molecule has 9 heteroatoms. The van der Waals surface area contributed by atoms with E-state index in [0.29, 0.717) is 44.1 Å². The maximum atomic E-state index is 14.6. The number of hydrogen-bond donors (Lipinski definition) is 1. The number of aliphatic hydroxyl groups excluding tert-OH is 1. The Kier molecular flexibility index (Phi) is 8.54. The normalized spacial score (nSPS) is 31.3. The molecule has 42 heavy (non-hydrogen) atoms. The first-order valence-electron chi connectivity index (χ1n) is 15.4. The second-order valence-electron chi connectivity index (χ2n) is 12.5. The Morgan fingerprint density at radius 3 is 2.36 bits per heavy atom. The summed E-state index contributed by atoms with van der Waals surface area (Å²) >= 11 is 0. The monoisotopic (exact) mass is 579 g/mol. The highest BCUT2D eigenvalue weighted by molar-refractivity contribution is 6.04. The van der Waals surface area contributed by atoms with Crippen LogP contribution in [-0.4, -0.2) is 88.8 Å². The molecule has 4 aliphatic heterocycles. The third kappa shape index (κ3) is 4.94. The predicted molar refractivity (Wildman–Crippen MR) is 160 cm³/mol. The van der Waals surface area contributed by atoms with Crippen LogP contribution in [0.1, 0.15) is 53.9 Å². The first-order chi connectivity index (χ1) is 20.1. The molecule has 1 spiro atoms. The van der Waals surface area contributed by atoms with Gasteiger partial charge in [-0.15, -0.1) is 0 Å². The standard InChI is InChI=1S/C33H45N3O6/c1-6-8-17-34-18-10-16-33-27(30(39)36(28(33)31(34)40)24(21-37)20-22(3)4)26-29(38)35(19-9-15-32(26,5)42-33)23-11-13-25(14-12-23)41-7-2/h9-16,22,24,26-28,37H,6-8,17-21H2,1-5H3/t24-,26-,27+,28?,32+,33+/m1/s1. The summed E-state index contributed by atoms with van der Waals surface area (Å²) in [7, 11) is 0. The van der Waals surface area contributed by atoms with Gasteiger partial charge in [-0.25, -0.2) is 0 Å². The van der Waals surface area contributed by atoms with Crippen molar-refractivity contribution in [2.75, 3.05) is 37.7 Å². The van der Waals surface area contributed by atoms with Crippen molar-refractivity contribution in [1.29, 1.82) is 0 Å². The molecule has 0 bridgehead atoms. The predicted octanol–water partition coefficient (Wildman–Crippen LogP) is 3.56. The second kappa shape index (κ2) is 11.8. The molecule has 4 heterocycles. The average molecular weight is 580 g/mol. The Morgan fingerprint density at radius 2 is 1.71 bits per heavy atom. The average Bonchev–Trinajstić information content (AvgIpc) is 3.23. The van der Waals surface area contributed by atoms with Crippen LogP contribution < -0.4 is 9.64 Å². The van der Waals surface area contributed by atoms with Crippen LogP contribution >= 0.6 is 0 Å². The summed E-state index contributed by atoms with van der Waals surface area (Å²) in [5.74, 6) is -1.60. The van der Waals surface area contributed by atoms with Gasteiger partial charge in [-0.3, -0.25) is 14.4 Å². The lowest BCUT2D eigenvalue weighted by Crippen LogP contribution is -2.59. The second-order valence-corrected chi connectivity index (χ2v) is 12.5. The summed E-state index contributed by atoms with van der Waals surface area (Å²) in [6.45, 7) is 11.5. The minimum Gasteiger partial charge on any atom is -0.494 e. The lowest BCUT2D eigenvalue weighted by molar-refractivity contribution is -0.154. The summed E-state index contributed by atoms with van der Waals surface area (Å²) in [6.07, 6.45) is 9.89. The van der Waals surface area contributed by atoms with Crippen LogP contribution in [-0.2, 0) is 19.1 Å². The van der Waals surface area contributed by atoms with Gasteiger partial charge in [-0.05, 0) is 56.9 Å². The summed E-state index contributed by atoms with van der Waals surface area (Å²) in [5.41, 5.74) is -1.73. The van der Waals surface area contributed by atoms with Crippen molar-refractivity contribution < 1.29 is 29.0 Å². The van der Waals surface area contributed by atoms with Crippen molar-refractivity contribution in [1.82, 2.24) is 9.80 Å². The van der Waals surface area contributed by atoms with Crippen molar-refractivity contribution in [3.8, 4) is 5.75 Å². The summed E-state index contributed by atoms with van der Waals surface area (Å²) < 4.78 is 12.5. The van der Waals surface area contributed by atoms with E-state index in [1.165, 1.54) is 0 Å². The number of likely N-dealkylation sites (tertiary alicyclic amines) is 1. The zero-order chi connectivity index (χ0) is 30.2. The van der Waals surface area contributed by atoms with Gasteiger partial charge >= 0.3 is 0 Å². The Balaban J connectivity index is 1.60. The molecular weight excluding hydrogens is 534 g/mol. The van der Waals surface area contributed by atoms with E-state index < -0.39 is 35.1 Å². The highest BCUT2D eigenvalue weighted by Crippen LogP contribution is 2.58. The number of rotatable bonds is 10. The van der Waals surface area contributed by atoms with Crippen molar-refractivity contribution in [3.05, 3.63) is 48.6 Å². The lowest BCUT2D eigenvalue weighted by atomic mass is 9.74. The Labute approximate surface area is 249 Å². The van der Waals surface area contributed by atoms with Crippen LogP contribution in [0.5, 0.6) is 5.75 Å². The van der Waals surface area contributed by atoms with Crippen molar-refractivity contribution in [3.63, 3.8) is 0 Å². The lowest BCUT2D eigenvalue weighted by Gasteiger charge is -2.40. The van der Waals surface area contributed by atoms with E-state index in [9.17, 15) is 19.5 Å². The number of unbranched alkanes of at least 4 members (excludes halogenated alkanes) is 1. The van der Waals surface area contributed by atoms with Gasteiger partial charge in [0.25, 0.3) is 0 Å². The molecule has 4 aliphatic rings. The van der Waals surface area contributed by atoms with E-state index in [1.54, 1.807) is 14.7 Å². The number of aliphatic hydroxyl groups is 1. The van der Waals surface area contributed by atoms with Crippen LogP contribution in [0.15, 0.2) is 48.6 Å². The summed E-state index contributed by atoms with van der Waals surface area (Å²) in [5, 5.41) is 10.5. The summed E-state index contributed by atoms with van der Waals surface area (Å²) in [4.78, 5) is 48.6. The van der Waals surface area contributed by atoms with Gasteiger partial charge in [-0.1, -0.05) is 51.5 Å². The van der Waals surface area contributed by atoms with E-state index in [1.807, 2.05) is 76.3 Å². The van der Waals surface area contributed by atoms with Crippen molar-refractivity contribution in [2.24, 2.45) is 17.8 Å². The fourth-order valence-electron chi connectivity index (χ4n) is 7.39. The first kappa shape index (κ1) is 30.3. The zero-order valence-corrected chi connectivity index (χ0v) is 25.5. The van der Waals surface area contributed by atoms with Crippen LogP contribution in [0, 0.1) is 17.8 Å². The number of carbonyl (C=O) groups excluding carboxylic acids is 3. The van der Waals surface area contributed by atoms with Gasteiger partial charge in [0.15, 0.2) is 0 Å². The van der Waals surface area contributed by atoms with Gasteiger partial charge in [0.05, 0.1) is 36.7 Å². The molecule has 1 aromatic carbocycles. The van der Waals surface area contributed by atoms with Gasteiger partial charge < -0.3 is 29.3 Å². The van der Waals surface area contributed by atoms with Crippen LogP contribution in [0.2, 0.25) is 0 Å². The number of anilines is 1. The maximum Gasteiger partial charge on any atom is 0.249 e. The number of fused-ring (bicyclic) bond motifs is 2. The van der Waals surface area contributed by atoms with E-state index >= 15 is 0 Å². The minimum atomic E-state index is -1.33. The number of nitrogens with zero attached hydrogens (tertiary/aromatic N) is 3. The molecule has 2 saturated heterocycles. The molecule has 0 aromatic heterocycles. The fraction of sp³-hybridized carbons (Fsp3) is 0.606. The van der Waals surface area contributed by atoms with E-state index in [0.717, 1.165) is 12.8 Å². The molecule has 1 aromatic rings. The third-order valence-corrected chi connectivity index (χ3v) is 9.17. The Morgan fingerprint density at radius 1 is 1.00 bits per heavy atom. The Hall–Kier alpha value is -3.17. The van der Waals surface area contributed by atoms with E-state index in [-0.39, 0.29) is 30.2 Å². The molecule has 228 valence electrons. The van der Waals surface area contributed by atoms with Crippen LogP contribution in [0.25, 0.3) is 0 Å². The SMILES string of the molecule is CCCCN1CC=C[C@]23O[C@@]4(C)C=CCN(c5ccc(OCC)cc5)C(=O)[C@H]4[C@H]2C(=O)N([C@@H](CO)CC(C)C)C3C1=O. The van der Waals surface area contributed by atoms with E-state index in [2.05, 4.69) is 6.92 Å². The van der Waals surface area contributed by atoms with Gasteiger partial charge in [0.2, 0.25) is 17.7 Å². The summed E-state index contributed by atoms with van der Waals surface area (Å²) in [6, 6.07) is 5.83. The number of carbonyl (C=O) groups is 3. The highest BCUT2D eigenvalue weighted by Gasteiger charge is 2.75. The van der Waals surface area contributed by atoms with Gasteiger partial charge in [-0.2, -0.15) is 0 Å². The van der Waals surface area contributed by atoms with Crippen LogP contribution in [0.4, 0.5) is 5.69 Å². The number of benzene rings is 1. The topological polar surface area (TPSA) is 99.6 Å². The van der Waals surface area contributed by atoms with Gasteiger partial charge in [0, 0.05) is 25.3 Å². The molecule has 6 atom stereocenters. The fourth-order valence-corrected chi connectivity index (χ4v) is 7.39. The number of hydrogen-bond acceptors (Lipinski definition) is 6. The number of ether oxygens (including phenoxy) is 2. The minimum absolute atomic E-state index is 0.183. The molecule has 5 rings (SSSR count). The molecule has 0 aliphatic carbocycles. The quantitative estimate of drug-likeness (QED) is 0.426. The van der Waals surface area contributed by atoms with E-state index in [4.69, 9.17) is 9.47 Å². The largest absolute Gasteiger partial charge is 0.494 e. The first-order valence-corrected chi connectivity index (χ1v) is 15.4. The molecule has 0 saturated carbocycles. The number of amides is 3. The van der Waals surface area contributed by atoms with Crippen molar-refractivity contribution in [2.45, 2.75) is 77.2 Å². The Bertz CT molecular complexity index is 1240. The zero-order valence-electron chi connectivity index (χ0n) is 25.5. The molecule has 9 nitrogen and oxygen atoms in total. The smallest absolute Gasteiger partial charge is 0.249 e. The molecule has 1 N–H and O–H groups in total.